The molecule has 0 saturated carbocycles. The quantitative estimate of drug-likeness (QED) is 0.855. The Morgan fingerprint density at radius 1 is 1.14 bits per heavy atom. The van der Waals surface area contributed by atoms with Crippen LogP contribution in [0, 0.1) is 5.92 Å². The summed E-state index contributed by atoms with van der Waals surface area (Å²) in [4.78, 5) is 26.6. The maximum Gasteiger partial charge on any atom is 0.255 e. The molecule has 4 heteroatoms. The summed E-state index contributed by atoms with van der Waals surface area (Å²) in [6.45, 7) is 3.77. The Morgan fingerprint density at radius 3 is 2.64 bits per heavy atom. The van der Waals surface area contributed by atoms with E-state index in [1.54, 1.807) is 12.3 Å². The van der Waals surface area contributed by atoms with Gasteiger partial charge in [0.25, 0.3) is 11.5 Å². The molecule has 0 unspecified atom stereocenters. The molecule has 1 saturated heterocycles. The summed E-state index contributed by atoms with van der Waals surface area (Å²) >= 11 is 0. The van der Waals surface area contributed by atoms with Crippen molar-refractivity contribution in [2.24, 2.45) is 5.92 Å². The zero-order valence-corrected chi connectivity index (χ0v) is 12.7. The molecule has 1 atom stereocenters. The minimum Gasteiger partial charge on any atom is -0.338 e. The van der Waals surface area contributed by atoms with Gasteiger partial charge in [0.15, 0.2) is 0 Å². The molecule has 1 aromatic heterocycles. The molecule has 4 nitrogen and oxygen atoms in total. The van der Waals surface area contributed by atoms with Crippen LogP contribution in [0.2, 0.25) is 0 Å². The minimum atomic E-state index is -0.130. The number of para-hydroxylation sites is 1. The number of likely N-dealkylation sites (tertiary alicyclic amines) is 1. The van der Waals surface area contributed by atoms with Crippen molar-refractivity contribution in [2.75, 3.05) is 13.1 Å². The summed E-state index contributed by atoms with van der Waals surface area (Å²) < 4.78 is 1.53. The second-order valence-electron chi connectivity index (χ2n) is 5.96. The zero-order valence-electron chi connectivity index (χ0n) is 12.7. The van der Waals surface area contributed by atoms with E-state index in [2.05, 4.69) is 6.92 Å². The van der Waals surface area contributed by atoms with E-state index in [-0.39, 0.29) is 11.5 Å². The van der Waals surface area contributed by atoms with Gasteiger partial charge in [0.05, 0.1) is 5.56 Å². The normalized spacial score (nSPS) is 18.2. The monoisotopic (exact) mass is 296 g/mol. The van der Waals surface area contributed by atoms with Gasteiger partial charge in [-0.3, -0.25) is 14.2 Å². The van der Waals surface area contributed by atoms with E-state index in [0.717, 1.165) is 25.2 Å². The van der Waals surface area contributed by atoms with E-state index in [4.69, 9.17) is 0 Å². The summed E-state index contributed by atoms with van der Waals surface area (Å²) in [7, 11) is 0. The fourth-order valence-corrected chi connectivity index (χ4v) is 2.96. The number of nitrogens with zero attached hydrogens (tertiary/aromatic N) is 2. The third-order valence-electron chi connectivity index (χ3n) is 4.14. The maximum atomic E-state index is 12.7. The summed E-state index contributed by atoms with van der Waals surface area (Å²) in [5.41, 5.74) is 1.21. The lowest BCUT2D eigenvalue weighted by Crippen LogP contribution is -2.39. The van der Waals surface area contributed by atoms with Crippen molar-refractivity contribution in [3.8, 4) is 5.69 Å². The summed E-state index contributed by atoms with van der Waals surface area (Å²) in [5, 5.41) is 0. The predicted octanol–water partition coefficient (Wildman–Crippen LogP) is 2.71. The molecular weight excluding hydrogens is 276 g/mol. The third kappa shape index (κ3) is 2.96. The Bertz CT molecular complexity index is 721. The number of hydrogen-bond donors (Lipinski definition) is 0. The first kappa shape index (κ1) is 14.6. The average Bonchev–Trinajstić information content (AvgIpc) is 2.55. The second kappa shape index (κ2) is 6.18. The lowest BCUT2D eigenvalue weighted by atomic mass is 10.00. The second-order valence-corrected chi connectivity index (χ2v) is 5.96. The maximum absolute atomic E-state index is 12.7. The van der Waals surface area contributed by atoms with E-state index in [1.807, 2.05) is 35.2 Å². The molecular formula is C18H20N2O2. The van der Waals surface area contributed by atoms with Crippen molar-refractivity contribution in [3.63, 3.8) is 0 Å². The molecule has 0 bridgehead atoms. The molecule has 0 N–H and O–H groups in total. The zero-order chi connectivity index (χ0) is 15.5. The van der Waals surface area contributed by atoms with Crippen LogP contribution in [-0.2, 0) is 0 Å². The Labute approximate surface area is 130 Å². The third-order valence-corrected chi connectivity index (χ3v) is 4.14. The predicted molar refractivity (Wildman–Crippen MR) is 86.3 cm³/mol. The molecule has 1 aliphatic rings. The van der Waals surface area contributed by atoms with Crippen LogP contribution in [0.5, 0.6) is 0 Å². The van der Waals surface area contributed by atoms with Crippen molar-refractivity contribution in [2.45, 2.75) is 19.8 Å². The smallest absolute Gasteiger partial charge is 0.255 e. The molecule has 1 amide bonds. The highest BCUT2D eigenvalue weighted by atomic mass is 16.2. The van der Waals surface area contributed by atoms with Gasteiger partial charge in [0.1, 0.15) is 0 Å². The minimum absolute atomic E-state index is 0.0104. The van der Waals surface area contributed by atoms with Crippen molar-refractivity contribution >= 4 is 5.91 Å². The van der Waals surface area contributed by atoms with Crippen LogP contribution in [0.15, 0.2) is 53.5 Å². The van der Waals surface area contributed by atoms with Gasteiger partial charge in [-0.05, 0) is 37.0 Å². The molecule has 2 aromatic rings. The Balaban J connectivity index is 1.92. The molecule has 0 spiro atoms. The number of hydrogen-bond acceptors (Lipinski definition) is 2. The van der Waals surface area contributed by atoms with Crippen LogP contribution >= 0.6 is 0 Å². The fourth-order valence-electron chi connectivity index (χ4n) is 2.96. The Hall–Kier alpha value is -2.36. The van der Waals surface area contributed by atoms with Gasteiger partial charge >= 0.3 is 0 Å². The van der Waals surface area contributed by atoms with Gasteiger partial charge in [-0.15, -0.1) is 0 Å². The molecule has 0 radical (unpaired) electrons. The number of rotatable bonds is 2. The molecule has 1 fully saturated rings. The number of aromatic nitrogens is 1. The van der Waals surface area contributed by atoms with Crippen LogP contribution in [0.3, 0.4) is 0 Å². The largest absolute Gasteiger partial charge is 0.338 e. The molecule has 0 aliphatic carbocycles. The summed E-state index contributed by atoms with van der Waals surface area (Å²) in [6.07, 6.45) is 3.87. The van der Waals surface area contributed by atoms with Crippen molar-refractivity contribution in [1.29, 1.82) is 0 Å². The Kier molecular flexibility index (Phi) is 4.09. The number of carbonyl (C=O) groups is 1. The average molecular weight is 296 g/mol. The van der Waals surface area contributed by atoms with Crippen LogP contribution in [-0.4, -0.2) is 28.5 Å². The highest BCUT2D eigenvalue weighted by Crippen LogP contribution is 2.18. The highest BCUT2D eigenvalue weighted by Gasteiger charge is 2.22. The van der Waals surface area contributed by atoms with Crippen LogP contribution in [0.1, 0.15) is 30.1 Å². The van der Waals surface area contributed by atoms with Gasteiger partial charge in [-0.1, -0.05) is 25.1 Å². The fraction of sp³-hybridized carbons (Fsp3) is 0.333. The van der Waals surface area contributed by atoms with Crippen molar-refractivity contribution in [1.82, 2.24) is 9.47 Å². The number of carbonyl (C=O) groups excluding carboxylic acids is 1. The first-order valence-electron chi connectivity index (χ1n) is 7.72. The van der Waals surface area contributed by atoms with E-state index in [9.17, 15) is 9.59 Å². The van der Waals surface area contributed by atoms with Gasteiger partial charge in [-0.25, -0.2) is 0 Å². The van der Waals surface area contributed by atoms with Gasteiger partial charge in [-0.2, -0.15) is 0 Å². The first-order valence-corrected chi connectivity index (χ1v) is 7.72. The van der Waals surface area contributed by atoms with Crippen LogP contribution < -0.4 is 5.56 Å². The molecule has 1 aromatic carbocycles. The van der Waals surface area contributed by atoms with Gasteiger partial charge in [0.2, 0.25) is 0 Å². The van der Waals surface area contributed by atoms with Crippen molar-refractivity contribution in [3.05, 3.63) is 64.6 Å². The number of pyridine rings is 1. The van der Waals surface area contributed by atoms with Crippen LogP contribution in [0.4, 0.5) is 0 Å². The van der Waals surface area contributed by atoms with E-state index in [0.29, 0.717) is 11.5 Å². The standard InChI is InChI=1S/C18H20N2O2/c1-14-6-5-11-19(12-14)18(22)15-9-10-17(21)20(13-15)16-7-3-2-4-8-16/h2-4,7-10,13-14H,5-6,11-12H2,1H3/t14-/m0/s1. The lowest BCUT2D eigenvalue weighted by molar-refractivity contribution is 0.0682. The van der Waals surface area contributed by atoms with Gasteiger partial charge in [0, 0.05) is 31.0 Å². The lowest BCUT2D eigenvalue weighted by Gasteiger charge is -2.31. The van der Waals surface area contributed by atoms with Crippen molar-refractivity contribution < 1.29 is 4.79 Å². The SMILES string of the molecule is C[C@H]1CCCN(C(=O)c2ccc(=O)n(-c3ccccc3)c2)C1. The molecule has 3 rings (SSSR count). The van der Waals surface area contributed by atoms with E-state index >= 15 is 0 Å². The highest BCUT2D eigenvalue weighted by molar-refractivity contribution is 5.94. The molecule has 1 aliphatic heterocycles. The first-order chi connectivity index (χ1) is 10.6. The summed E-state index contributed by atoms with van der Waals surface area (Å²) in [6, 6.07) is 12.5. The Morgan fingerprint density at radius 2 is 1.91 bits per heavy atom. The van der Waals surface area contributed by atoms with E-state index in [1.165, 1.54) is 17.1 Å². The molecule has 2 heterocycles. The summed E-state index contributed by atoms with van der Waals surface area (Å²) in [5.74, 6) is 0.550. The van der Waals surface area contributed by atoms with E-state index < -0.39 is 0 Å². The topological polar surface area (TPSA) is 42.3 Å². The number of amides is 1. The van der Waals surface area contributed by atoms with Gasteiger partial charge < -0.3 is 4.90 Å². The number of piperidine rings is 1. The number of benzene rings is 1. The molecule has 22 heavy (non-hydrogen) atoms. The molecule has 114 valence electrons. The van der Waals surface area contributed by atoms with Crippen LogP contribution in [0.25, 0.3) is 5.69 Å².